The summed E-state index contributed by atoms with van der Waals surface area (Å²) in [5, 5.41) is 0. The van der Waals surface area contributed by atoms with Crippen molar-refractivity contribution >= 4 is 5.97 Å². The zero-order chi connectivity index (χ0) is 13.7. The minimum absolute atomic E-state index is 0.370. The predicted octanol–water partition coefficient (Wildman–Crippen LogP) is 2.77. The van der Waals surface area contributed by atoms with Gasteiger partial charge in [0.2, 0.25) is 0 Å². The number of rotatable bonds is 2. The summed E-state index contributed by atoms with van der Waals surface area (Å²) in [7, 11) is 1.34. The van der Waals surface area contributed by atoms with Crippen LogP contribution >= 0.6 is 0 Å². The van der Waals surface area contributed by atoms with Crippen molar-refractivity contribution in [1.29, 1.82) is 0 Å². The lowest BCUT2D eigenvalue weighted by Gasteiger charge is -2.09. The maximum absolute atomic E-state index is 11.8. The highest BCUT2D eigenvalue weighted by atomic mass is 16.5. The lowest BCUT2D eigenvalue weighted by Crippen LogP contribution is -2.12. The van der Waals surface area contributed by atoms with Gasteiger partial charge in [-0.25, -0.2) is 4.79 Å². The van der Waals surface area contributed by atoms with Crippen LogP contribution in [0.1, 0.15) is 26.7 Å². The number of allylic oxidation sites excluding steroid dienone is 3. The normalized spacial score (nSPS) is 20.5. The van der Waals surface area contributed by atoms with Crippen molar-refractivity contribution < 1.29 is 9.53 Å². The fourth-order valence-electron chi connectivity index (χ4n) is 1.83. The Morgan fingerprint density at radius 2 is 2.28 bits per heavy atom. The Morgan fingerprint density at radius 1 is 1.61 bits per heavy atom. The van der Waals surface area contributed by atoms with Gasteiger partial charge in [0.05, 0.1) is 12.7 Å². The highest BCUT2D eigenvalue weighted by Crippen LogP contribution is 2.22. The Hall–Kier alpha value is -1.99. The molecule has 0 atom stereocenters. The predicted molar refractivity (Wildman–Crippen MR) is 72.6 cm³/mol. The van der Waals surface area contributed by atoms with E-state index in [1.54, 1.807) is 13.0 Å². The number of nitrogens with two attached hydrogens (primary N) is 1. The lowest BCUT2D eigenvalue weighted by atomic mass is 10.00. The first-order chi connectivity index (χ1) is 8.51. The fourth-order valence-corrected chi connectivity index (χ4v) is 1.83. The Bertz CT molecular complexity index is 501. The molecule has 0 aliphatic heterocycles. The maximum atomic E-state index is 11.8. The third kappa shape index (κ3) is 3.02. The van der Waals surface area contributed by atoms with E-state index in [4.69, 9.17) is 10.5 Å². The molecule has 1 aliphatic rings. The van der Waals surface area contributed by atoms with Gasteiger partial charge < -0.3 is 10.5 Å². The van der Waals surface area contributed by atoms with E-state index >= 15 is 0 Å². The molecule has 0 aromatic heterocycles. The molecule has 0 heterocycles. The third-order valence-electron chi connectivity index (χ3n) is 2.88. The van der Waals surface area contributed by atoms with E-state index in [2.05, 4.69) is 12.3 Å². The summed E-state index contributed by atoms with van der Waals surface area (Å²) in [5.74, 6) is -0.440. The quantitative estimate of drug-likeness (QED) is 0.601. The van der Waals surface area contributed by atoms with Crippen molar-refractivity contribution in [3.63, 3.8) is 0 Å². The van der Waals surface area contributed by atoms with Crippen LogP contribution in [0.2, 0.25) is 0 Å². The van der Waals surface area contributed by atoms with Gasteiger partial charge in [0, 0.05) is 11.3 Å². The highest BCUT2D eigenvalue weighted by molar-refractivity contribution is 5.94. The molecule has 0 saturated carbocycles. The average molecular weight is 245 g/mol. The fraction of sp³-hybridized carbons (Fsp3) is 0.333. The number of hydrogen-bond donors (Lipinski definition) is 1. The van der Waals surface area contributed by atoms with Crippen LogP contribution in [0.5, 0.6) is 0 Å². The van der Waals surface area contributed by atoms with E-state index in [0.29, 0.717) is 23.3 Å². The minimum atomic E-state index is -0.440. The highest BCUT2D eigenvalue weighted by Gasteiger charge is 2.16. The van der Waals surface area contributed by atoms with Crippen LogP contribution in [0.25, 0.3) is 0 Å². The van der Waals surface area contributed by atoms with Gasteiger partial charge in [0.15, 0.2) is 0 Å². The van der Waals surface area contributed by atoms with Crippen molar-refractivity contribution in [2.45, 2.75) is 26.7 Å². The molecule has 0 aromatic rings. The average Bonchev–Trinajstić information content (AvgIpc) is 2.39. The van der Waals surface area contributed by atoms with Crippen LogP contribution in [-0.2, 0) is 9.53 Å². The van der Waals surface area contributed by atoms with Gasteiger partial charge >= 0.3 is 5.97 Å². The molecule has 0 radical (unpaired) electrons. The van der Waals surface area contributed by atoms with Crippen molar-refractivity contribution in [1.82, 2.24) is 0 Å². The topological polar surface area (TPSA) is 52.3 Å². The molecule has 96 valence electrons. The van der Waals surface area contributed by atoms with Gasteiger partial charge in [-0.15, -0.1) is 5.73 Å². The molecule has 3 nitrogen and oxygen atoms in total. The van der Waals surface area contributed by atoms with Crippen LogP contribution in [0, 0.1) is 0 Å². The van der Waals surface area contributed by atoms with Crippen molar-refractivity contribution in [2.24, 2.45) is 5.73 Å². The zero-order valence-corrected chi connectivity index (χ0v) is 11.2. The molecule has 0 unspecified atom stereocenters. The molecule has 2 N–H and O–H groups in total. The second-order valence-corrected chi connectivity index (χ2v) is 4.13. The summed E-state index contributed by atoms with van der Waals surface area (Å²) in [4.78, 5) is 11.8. The van der Waals surface area contributed by atoms with Crippen LogP contribution < -0.4 is 5.73 Å². The summed E-state index contributed by atoms with van der Waals surface area (Å²) in [5.41, 5.74) is 12.5. The zero-order valence-electron chi connectivity index (χ0n) is 11.2. The first-order valence-corrected chi connectivity index (χ1v) is 5.90. The summed E-state index contributed by atoms with van der Waals surface area (Å²) in [6.07, 6.45) is 5.20. The Balaban J connectivity index is 3.46. The van der Waals surface area contributed by atoms with Crippen LogP contribution in [0.3, 0.4) is 0 Å². The van der Waals surface area contributed by atoms with E-state index in [0.717, 1.165) is 17.6 Å². The van der Waals surface area contributed by atoms with Crippen molar-refractivity contribution in [2.75, 3.05) is 7.11 Å². The molecular formula is C15H19NO2. The van der Waals surface area contributed by atoms with Crippen LogP contribution in [-0.4, -0.2) is 13.1 Å². The van der Waals surface area contributed by atoms with E-state index in [1.807, 2.05) is 13.0 Å². The molecule has 0 spiro atoms. The Morgan fingerprint density at radius 3 is 2.83 bits per heavy atom. The van der Waals surface area contributed by atoms with Gasteiger partial charge in [0.25, 0.3) is 0 Å². The maximum Gasteiger partial charge on any atom is 0.340 e. The van der Waals surface area contributed by atoms with Gasteiger partial charge in [-0.3, -0.25) is 0 Å². The molecule has 0 amide bonds. The molecular weight excluding hydrogens is 226 g/mol. The summed E-state index contributed by atoms with van der Waals surface area (Å²) in [6, 6.07) is 0. The Labute approximate surface area is 108 Å². The van der Waals surface area contributed by atoms with E-state index in [9.17, 15) is 4.79 Å². The first kappa shape index (κ1) is 14.1. The largest absolute Gasteiger partial charge is 0.465 e. The molecule has 1 rings (SSSR count). The number of carbonyl (C=O) groups excluding carboxylic acids is 1. The number of esters is 1. The van der Waals surface area contributed by atoms with Crippen LogP contribution in [0.4, 0.5) is 0 Å². The van der Waals surface area contributed by atoms with Crippen molar-refractivity contribution in [3.8, 4) is 0 Å². The van der Waals surface area contributed by atoms with Gasteiger partial charge in [0.1, 0.15) is 0 Å². The number of hydrogen-bond acceptors (Lipinski definition) is 3. The molecule has 1 aliphatic carbocycles. The smallest absolute Gasteiger partial charge is 0.340 e. The van der Waals surface area contributed by atoms with E-state index in [-0.39, 0.29) is 0 Å². The molecule has 0 fully saturated rings. The lowest BCUT2D eigenvalue weighted by molar-refractivity contribution is -0.135. The second-order valence-electron chi connectivity index (χ2n) is 4.13. The van der Waals surface area contributed by atoms with E-state index in [1.165, 1.54) is 7.11 Å². The number of methoxy groups -OCH3 is 1. The van der Waals surface area contributed by atoms with Crippen molar-refractivity contribution in [3.05, 3.63) is 52.5 Å². The Kier molecular flexibility index (Phi) is 4.75. The standard InChI is InChI=1S/C15H19NO2/c1-5-12-9-13(16)14(15(17)18-4)11(3)8-6-7-10(12)2/h6,9H,2,5,7,16H2,1,3-4H3/b12-9?,14-13-. The summed E-state index contributed by atoms with van der Waals surface area (Å²) < 4.78 is 4.76. The summed E-state index contributed by atoms with van der Waals surface area (Å²) in [6.45, 7) is 7.84. The number of ether oxygens (including phenoxy) is 1. The van der Waals surface area contributed by atoms with Gasteiger partial charge in [-0.2, -0.15) is 0 Å². The molecule has 0 saturated heterocycles. The SMILES string of the molecule is C=C1CC=C=C(C)/C(C(=O)OC)=C(/N)C=C1CC. The first-order valence-electron chi connectivity index (χ1n) is 5.90. The monoisotopic (exact) mass is 245 g/mol. The molecule has 0 aromatic carbocycles. The number of carbonyl (C=O) groups is 1. The van der Waals surface area contributed by atoms with E-state index < -0.39 is 5.97 Å². The third-order valence-corrected chi connectivity index (χ3v) is 2.88. The van der Waals surface area contributed by atoms with Gasteiger partial charge in [-0.05, 0) is 43.1 Å². The summed E-state index contributed by atoms with van der Waals surface area (Å²) >= 11 is 0. The molecule has 3 heteroatoms. The second kappa shape index (κ2) is 6.08. The molecule has 0 bridgehead atoms. The minimum Gasteiger partial charge on any atom is -0.465 e. The molecule has 18 heavy (non-hydrogen) atoms. The van der Waals surface area contributed by atoms with Gasteiger partial charge in [-0.1, -0.05) is 13.5 Å². The van der Waals surface area contributed by atoms with Crippen LogP contribution in [0.15, 0.2) is 52.5 Å².